The quantitative estimate of drug-likeness (QED) is 0.520. The van der Waals surface area contributed by atoms with Crippen LogP contribution in [0, 0.1) is 18.3 Å². The van der Waals surface area contributed by atoms with Crippen LogP contribution in [0.15, 0.2) is 51.5 Å². The monoisotopic (exact) mass is 390 g/mol. The molecule has 0 aliphatic rings. The van der Waals surface area contributed by atoms with Crippen LogP contribution < -0.4 is 5.32 Å². The van der Waals surface area contributed by atoms with Gasteiger partial charge >= 0.3 is 0 Å². The zero-order valence-electron chi connectivity index (χ0n) is 14.5. The molecule has 26 heavy (non-hydrogen) atoms. The molecule has 0 aliphatic heterocycles. The average molecular weight is 391 g/mol. The minimum atomic E-state index is -3.31. The lowest BCUT2D eigenvalue weighted by Gasteiger charge is -2.08. The first-order valence-electron chi connectivity index (χ1n) is 8.03. The van der Waals surface area contributed by atoms with E-state index in [0.717, 1.165) is 11.3 Å². The lowest BCUT2D eigenvalue weighted by molar-refractivity contribution is 0.597. The molecule has 0 saturated carbocycles. The van der Waals surface area contributed by atoms with Crippen molar-refractivity contribution in [3.05, 3.63) is 47.0 Å². The normalized spacial score (nSPS) is 11.5. The van der Waals surface area contributed by atoms with Crippen molar-refractivity contribution < 1.29 is 8.42 Å². The van der Waals surface area contributed by atoms with Crippen LogP contribution in [0.4, 0.5) is 17.1 Å². The van der Waals surface area contributed by atoms with Crippen LogP contribution in [0.25, 0.3) is 0 Å². The molecule has 0 spiro atoms. The minimum Gasteiger partial charge on any atom is -0.384 e. The van der Waals surface area contributed by atoms with E-state index in [2.05, 4.69) is 21.6 Å². The van der Waals surface area contributed by atoms with Gasteiger partial charge in [0.2, 0.25) is 0 Å². The molecule has 0 aliphatic carbocycles. The van der Waals surface area contributed by atoms with Crippen LogP contribution in [0.3, 0.4) is 0 Å². The number of nitrogens with one attached hydrogen (secondary N) is 1. The van der Waals surface area contributed by atoms with Crippen LogP contribution in [-0.4, -0.2) is 20.7 Å². The fourth-order valence-electron chi connectivity index (χ4n) is 2.20. The molecule has 6 nitrogen and oxygen atoms in total. The average Bonchev–Trinajstić information content (AvgIpc) is 2.62. The number of nitrogens with zero attached hydrogens (tertiary/aromatic N) is 3. The first kappa shape index (κ1) is 19.9. The van der Waals surface area contributed by atoms with Gasteiger partial charge in [-0.2, -0.15) is 10.4 Å². The Morgan fingerprint density at radius 2 is 1.96 bits per heavy atom. The van der Waals surface area contributed by atoms with Gasteiger partial charge < -0.3 is 5.32 Å². The Morgan fingerprint density at radius 1 is 1.19 bits per heavy atom. The zero-order chi connectivity index (χ0) is 19.2. The third kappa shape index (κ3) is 5.04. The summed E-state index contributed by atoms with van der Waals surface area (Å²) < 4.78 is 23.7. The maximum Gasteiger partial charge on any atom is 0.178 e. The van der Waals surface area contributed by atoms with Gasteiger partial charge in [0.1, 0.15) is 5.69 Å². The van der Waals surface area contributed by atoms with Crippen molar-refractivity contribution >= 4 is 38.5 Å². The smallest absolute Gasteiger partial charge is 0.178 e. The first-order chi connectivity index (χ1) is 12.4. The number of benzene rings is 2. The third-order valence-electron chi connectivity index (χ3n) is 3.69. The van der Waals surface area contributed by atoms with Gasteiger partial charge in [0, 0.05) is 12.2 Å². The summed E-state index contributed by atoms with van der Waals surface area (Å²) in [5.74, 6) is 0.0121. The van der Waals surface area contributed by atoms with E-state index in [1.54, 1.807) is 19.1 Å². The molecule has 0 atom stereocenters. The van der Waals surface area contributed by atoms with E-state index in [9.17, 15) is 8.42 Å². The van der Waals surface area contributed by atoms with Gasteiger partial charge in [-0.1, -0.05) is 18.5 Å². The Kier molecular flexibility index (Phi) is 6.72. The number of rotatable bonds is 7. The minimum absolute atomic E-state index is 0.0121. The largest absolute Gasteiger partial charge is 0.384 e. The molecule has 0 unspecified atom stereocenters. The molecule has 2 aromatic carbocycles. The summed E-state index contributed by atoms with van der Waals surface area (Å²) in [6.45, 7) is 4.10. The predicted octanol–water partition coefficient (Wildman–Crippen LogP) is 5.18. The fourth-order valence-corrected chi connectivity index (χ4v) is 3.39. The molecule has 2 aromatic rings. The number of hydrogen-bond donors (Lipinski definition) is 1. The van der Waals surface area contributed by atoms with Crippen LogP contribution in [0.1, 0.15) is 18.9 Å². The summed E-state index contributed by atoms with van der Waals surface area (Å²) in [7, 11) is -3.31. The number of hydrogen-bond acceptors (Lipinski definition) is 6. The molecule has 0 heterocycles. The van der Waals surface area contributed by atoms with E-state index in [-0.39, 0.29) is 15.7 Å². The lowest BCUT2D eigenvalue weighted by Crippen LogP contribution is -2.03. The Balaban J connectivity index is 2.17. The van der Waals surface area contributed by atoms with Gasteiger partial charge in [0.15, 0.2) is 9.84 Å². The van der Waals surface area contributed by atoms with E-state index < -0.39 is 9.84 Å². The molecule has 0 aromatic heterocycles. The highest BCUT2D eigenvalue weighted by molar-refractivity contribution is 7.91. The van der Waals surface area contributed by atoms with Crippen LogP contribution >= 0.6 is 11.6 Å². The Hall–Kier alpha value is -2.43. The van der Waals surface area contributed by atoms with Crippen LogP contribution in [0.2, 0.25) is 5.02 Å². The Bertz CT molecular complexity index is 966. The van der Waals surface area contributed by atoms with Gasteiger partial charge in [-0.05, 0) is 48.9 Å². The number of halogens is 1. The van der Waals surface area contributed by atoms with Crippen LogP contribution in [0.5, 0.6) is 0 Å². The van der Waals surface area contributed by atoms with Crippen molar-refractivity contribution in [2.45, 2.75) is 25.2 Å². The molecular weight excluding hydrogens is 372 g/mol. The van der Waals surface area contributed by atoms with Crippen molar-refractivity contribution in [3.8, 4) is 6.07 Å². The molecule has 0 fully saturated rings. The maximum absolute atomic E-state index is 11.9. The maximum atomic E-state index is 11.9. The van der Waals surface area contributed by atoms with Crippen LogP contribution in [-0.2, 0) is 9.84 Å². The third-order valence-corrected chi connectivity index (χ3v) is 5.73. The molecule has 8 heteroatoms. The lowest BCUT2D eigenvalue weighted by atomic mass is 10.2. The highest BCUT2D eigenvalue weighted by Gasteiger charge is 2.13. The molecule has 0 radical (unpaired) electrons. The van der Waals surface area contributed by atoms with E-state index >= 15 is 0 Å². The number of anilines is 1. The van der Waals surface area contributed by atoms with Gasteiger partial charge in [-0.3, -0.25) is 0 Å². The zero-order valence-corrected chi connectivity index (χ0v) is 16.1. The van der Waals surface area contributed by atoms with Gasteiger partial charge in [-0.25, -0.2) is 8.42 Å². The molecule has 0 amide bonds. The van der Waals surface area contributed by atoms with Gasteiger partial charge in [0.05, 0.1) is 33.8 Å². The number of aryl methyl sites for hydroxylation is 1. The number of nitriles is 1. The van der Waals surface area contributed by atoms with Crippen molar-refractivity contribution in [1.29, 1.82) is 5.26 Å². The Labute approximate surface area is 158 Å². The summed E-state index contributed by atoms with van der Waals surface area (Å²) in [5, 5.41) is 20.2. The molecule has 0 bridgehead atoms. The molecular formula is C18H19ClN4O2S. The van der Waals surface area contributed by atoms with Crippen molar-refractivity contribution in [1.82, 2.24) is 0 Å². The highest BCUT2D eigenvalue weighted by atomic mass is 35.5. The molecule has 136 valence electrons. The van der Waals surface area contributed by atoms with Crippen molar-refractivity contribution in [2.24, 2.45) is 10.2 Å². The van der Waals surface area contributed by atoms with Crippen molar-refractivity contribution in [3.63, 3.8) is 0 Å². The molecule has 2 rings (SSSR count). The fraction of sp³-hybridized carbons (Fsp3) is 0.278. The highest BCUT2D eigenvalue weighted by Crippen LogP contribution is 2.30. The second-order valence-corrected chi connectivity index (χ2v) is 8.24. The SMILES string of the molecule is CCS(=O)(=O)c1ccc(N=Nc2ccc(NCCC#N)c(C)c2)c(Cl)c1. The topological polar surface area (TPSA) is 94.7 Å². The number of azo groups is 1. The van der Waals surface area contributed by atoms with E-state index in [0.29, 0.717) is 24.3 Å². The summed E-state index contributed by atoms with van der Waals surface area (Å²) in [6, 6.07) is 12.0. The van der Waals surface area contributed by atoms with Crippen molar-refractivity contribution in [2.75, 3.05) is 17.6 Å². The Morgan fingerprint density at radius 3 is 2.58 bits per heavy atom. The second kappa shape index (κ2) is 8.79. The van der Waals surface area contributed by atoms with E-state index in [1.807, 2.05) is 19.1 Å². The first-order valence-corrected chi connectivity index (χ1v) is 10.1. The van der Waals surface area contributed by atoms with Gasteiger partial charge in [-0.15, -0.1) is 5.11 Å². The summed E-state index contributed by atoms with van der Waals surface area (Å²) in [5.41, 5.74) is 2.96. The summed E-state index contributed by atoms with van der Waals surface area (Å²) in [6.07, 6.45) is 0.434. The van der Waals surface area contributed by atoms with E-state index in [4.69, 9.17) is 16.9 Å². The molecule has 1 N–H and O–H groups in total. The second-order valence-electron chi connectivity index (χ2n) is 5.55. The standard InChI is InChI=1S/C18H19ClN4O2S/c1-3-26(24,25)15-6-8-18(16(19)12-15)23-22-14-5-7-17(13(2)11-14)21-10-4-9-20/h5-8,11-12,21H,3-4,10H2,1-2H3. The number of sulfone groups is 1. The predicted molar refractivity (Wildman–Crippen MR) is 103 cm³/mol. The van der Waals surface area contributed by atoms with E-state index in [1.165, 1.54) is 12.1 Å². The summed E-state index contributed by atoms with van der Waals surface area (Å²) in [4.78, 5) is 0.174. The molecule has 0 saturated heterocycles. The summed E-state index contributed by atoms with van der Waals surface area (Å²) >= 11 is 6.13. The van der Waals surface area contributed by atoms with Gasteiger partial charge in [0.25, 0.3) is 0 Å².